The van der Waals surface area contributed by atoms with Crippen LogP contribution >= 0.6 is 15.9 Å². The lowest BCUT2D eigenvalue weighted by Gasteiger charge is -2.21. The molecule has 1 amide bonds. The molecule has 114 valence electrons. The lowest BCUT2D eigenvalue weighted by atomic mass is 10.2. The van der Waals surface area contributed by atoms with Gasteiger partial charge in [0.1, 0.15) is 6.04 Å². The molecule has 1 aliphatic rings. The zero-order chi connectivity index (χ0) is 15.4. The number of likely N-dealkylation sites (tertiary alicyclic amines) is 1. The summed E-state index contributed by atoms with van der Waals surface area (Å²) in [4.78, 5) is 25.7. The average Bonchev–Trinajstić information content (AvgIpc) is 2.89. The van der Waals surface area contributed by atoms with Crippen molar-refractivity contribution >= 4 is 33.5 Å². The van der Waals surface area contributed by atoms with Crippen molar-refractivity contribution in [3.63, 3.8) is 0 Å². The average molecular weight is 355 g/mol. The quantitative estimate of drug-likeness (QED) is 0.843. The molecule has 1 atom stereocenters. The van der Waals surface area contributed by atoms with Crippen molar-refractivity contribution < 1.29 is 14.3 Å². The molecule has 1 aromatic rings. The number of nitrogens with one attached hydrogen (secondary N) is 1. The molecule has 0 bridgehead atoms. The zero-order valence-electron chi connectivity index (χ0n) is 12.2. The van der Waals surface area contributed by atoms with Crippen molar-refractivity contribution in [3.05, 3.63) is 28.2 Å². The number of ether oxygens (including phenoxy) is 1. The van der Waals surface area contributed by atoms with E-state index in [4.69, 9.17) is 4.74 Å². The number of benzene rings is 1. The second-order valence-corrected chi connectivity index (χ2v) is 6.07. The van der Waals surface area contributed by atoms with E-state index in [9.17, 15) is 9.59 Å². The summed E-state index contributed by atoms with van der Waals surface area (Å²) in [5, 5.41) is 2.89. The van der Waals surface area contributed by atoms with E-state index in [0.717, 1.165) is 35.1 Å². The molecule has 0 aliphatic carbocycles. The van der Waals surface area contributed by atoms with Crippen LogP contribution in [0.4, 0.5) is 5.69 Å². The molecule has 1 aliphatic heterocycles. The van der Waals surface area contributed by atoms with Crippen LogP contribution in [0.3, 0.4) is 0 Å². The molecule has 1 N–H and O–H groups in total. The monoisotopic (exact) mass is 354 g/mol. The minimum Gasteiger partial charge on any atom is -0.468 e. The zero-order valence-corrected chi connectivity index (χ0v) is 13.8. The number of anilines is 1. The van der Waals surface area contributed by atoms with Crippen molar-refractivity contribution in [1.82, 2.24) is 4.90 Å². The molecule has 0 aromatic heterocycles. The maximum absolute atomic E-state index is 12.1. The molecule has 5 nitrogen and oxygen atoms in total. The van der Waals surface area contributed by atoms with E-state index >= 15 is 0 Å². The van der Waals surface area contributed by atoms with E-state index in [2.05, 4.69) is 21.2 Å². The molecule has 1 unspecified atom stereocenters. The summed E-state index contributed by atoms with van der Waals surface area (Å²) in [6, 6.07) is 5.39. The van der Waals surface area contributed by atoms with Gasteiger partial charge in [0.2, 0.25) is 5.91 Å². The van der Waals surface area contributed by atoms with Gasteiger partial charge in [-0.3, -0.25) is 14.5 Å². The van der Waals surface area contributed by atoms with Crippen LogP contribution in [-0.4, -0.2) is 43.0 Å². The van der Waals surface area contributed by atoms with Gasteiger partial charge in [-0.05, 0) is 50.1 Å². The topological polar surface area (TPSA) is 58.6 Å². The summed E-state index contributed by atoms with van der Waals surface area (Å²) in [6.07, 6.45) is 1.65. The molecule has 0 saturated carbocycles. The van der Waals surface area contributed by atoms with E-state index < -0.39 is 0 Å². The Kier molecular flexibility index (Phi) is 5.36. The standard InChI is InChI=1S/C15H19BrN2O3/c1-10-8-11(16)5-6-12(10)17-14(19)9-18-7-3-4-13(18)15(20)21-2/h5-6,8,13H,3-4,7,9H2,1-2H3,(H,17,19). The van der Waals surface area contributed by atoms with Crippen LogP contribution in [0.2, 0.25) is 0 Å². The Morgan fingerprint density at radius 2 is 2.24 bits per heavy atom. The molecular formula is C15H19BrN2O3. The number of rotatable bonds is 4. The van der Waals surface area contributed by atoms with E-state index in [1.54, 1.807) is 0 Å². The number of carbonyl (C=O) groups is 2. The summed E-state index contributed by atoms with van der Waals surface area (Å²) in [7, 11) is 1.38. The van der Waals surface area contributed by atoms with Crippen molar-refractivity contribution in [2.75, 3.05) is 25.5 Å². The molecule has 6 heteroatoms. The van der Waals surface area contributed by atoms with Crippen LogP contribution < -0.4 is 5.32 Å². The number of nitrogens with zero attached hydrogens (tertiary/aromatic N) is 1. The van der Waals surface area contributed by atoms with Gasteiger partial charge in [-0.25, -0.2) is 0 Å². The molecule has 1 heterocycles. The lowest BCUT2D eigenvalue weighted by Crippen LogP contribution is -2.41. The Labute approximate surface area is 132 Å². The number of hydrogen-bond acceptors (Lipinski definition) is 4. The third-order valence-corrected chi connectivity index (χ3v) is 4.14. The summed E-state index contributed by atoms with van der Waals surface area (Å²) in [5.74, 6) is -0.378. The van der Waals surface area contributed by atoms with E-state index in [1.165, 1.54) is 7.11 Å². The molecule has 1 saturated heterocycles. The van der Waals surface area contributed by atoms with Crippen LogP contribution in [0.15, 0.2) is 22.7 Å². The minimum atomic E-state index is -0.299. The Morgan fingerprint density at radius 1 is 1.48 bits per heavy atom. The number of methoxy groups -OCH3 is 1. The van der Waals surface area contributed by atoms with E-state index in [1.807, 2.05) is 30.0 Å². The van der Waals surface area contributed by atoms with Gasteiger partial charge in [0.25, 0.3) is 0 Å². The SMILES string of the molecule is COC(=O)C1CCCN1CC(=O)Nc1ccc(Br)cc1C. The first-order valence-electron chi connectivity index (χ1n) is 6.89. The normalized spacial score (nSPS) is 18.5. The van der Waals surface area contributed by atoms with E-state index in [-0.39, 0.29) is 24.5 Å². The predicted octanol–water partition coefficient (Wildman–Crippen LogP) is 2.33. The molecule has 0 radical (unpaired) electrons. The van der Waals surface area contributed by atoms with Gasteiger partial charge >= 0.3 is 5.97 Å². The maximum Gasteiger partial charge on any atom is 0.323 e. The van der Waals surface area contributed by atoms with Gasteiger partial charge in [0.15, 0.2) is 0 Å². The fourth-order valence-corrected chi connectivity index (χ4v) is 3.04. The largest absolute Gasteiger partial charge is 0.468 e. The molecular weight excluding hydrogens is 336 g/mol. The Hall–Kier alpha value is -1.40. The van der Waals surface area contributed by atoms with Gasteiger partial charge in [0, 0.05) is 10.2 Å². The van der Waals surface area contributed by atoms with Crippen LogP contribution in [0.25, 0.3) is 0 Å². The third kappa shape index (κ3) is 4.04. The second-order valence-electron chi connectivity index (χ2n) is 5.16. The van der Waals surface area contributed by atoms with Crippen molar-refractivity contribution in [3.8, 4) is 0 Å². The molecule has 0 spiro atoms. The predicted molar refractivity (Wildman–Crippen MR) is 84.1 cm³/mol. The first-order chi connectivity index (χ1) is 10.0. The summed E-state index contributed by atoms with van der Waals surface area (Å²) in [6.45, 7) is 2.88. The van der Waals surface area contributed by atoms with Gasteiger partial charge < -0.3 is 10.1 Å². The first kappa shape index (κ1) is 16.0. The van der Waals surface area contributed by atoms with Crippen molar-refractivity contribution in [2.24, 2.45) is 0 Å². The molecule has 2 rings (SSSR count). The Morgan fingerprint density at radius 3 is 2.90 bits per heavy atom. The Balaban J connectivity index is 1.96. The molecule has 21 heavy (non-hydrogen) atoms. The maximum atomic E-state index is 12.1. The number of amides is 1. The van der Waals surface area contributed by atoms with Gasteiger partial charge in [0.05, 0.1) is 13.7 Å². The fraction of sp³-hybridized carbons (Fsp3) is 0.467. The van der Waals surface area contributed by atoms with Crippen LogP contribution in [-0.2, 0) is 14.3 Å². The summed E-state index contributed by atoms with van der Waals surface area (Å²) >= 11 is 3.39. The highest BCUT2D eigenvalue weighted by molar-refractivity contribution is 9.10. The first-order valence-corrected chi connectivity index (χ1v) is 7.68. The van der Waals surface area contributed by atoms with Gasteiger partial charge in [-0.2, -0.15) is 0 Å². The highest BCUT2D eigenvalue weighted by Crippen LogP contribution is 2.21. The lowest BCUT2D eigenvalue weighted by molar-refractivity contribution is -0.146. The van der Waals surface area contributed by atoms with E-state index in [0.29, 0.717) is 0 Å². The number of aryl methyl sites for hydroxylation is 1. The van der Waals surface area contributed by atoms with Gasteiger partial charge in [-0.1, -0.05) is 15.9 Å². The third-order valence-electron chi connectivity index (χ3n) is 3.65. The van der Waals surface area contributed by atoms with Crippen LogP contribution in [0.1, 0.15) is 18.4 Å². The highest BCUT2D eigenvalue weighted by atomic mass is 79.9. The Bertz CT molecular complexity index is 548. The number of hydrogen-bond donors (Lipinski definition) is 1. The number of halogens is 1. The molecule has 1 aromatic carbocycles. The fourth-order valence-electron chi connectivity index (χ4n) is 2.56. The van der Waals surface area contributed by atoms with Crippen molar-refractivity contribution in [2.45, 2.75) is 25.8 Å². The number of esters is 1. The second kappa shape index (κ2) is 7.04. The summed E-state index contributed by atoms with van der Waals surface area (Å²) < 4.78 is 5.75. The smallest absolute Gasteiger partial charge is 0.323 e. The number of carbonyl (C=O) groups excluding carboxylic acids is 2. The minimum absolute atomic E-state index is 0.115. The van der Waals surface area contributed by atoms with Crippen LogP contribution in [0, 0.1) is 6.92 Å². The van der Waals surface area contributed by atoms with Crippen LogP contribution in [0.5, 0.6) is 0 Å². The van der Waals surface area contributed by atoms with Gasteiger partial charge in [-0.15, -0.1) is 0 Å². The summed E-state index contributed by atoms with van der Waals surface area (Å²) in [5.41, 5.74) is 1.78. The van der Waals surface area contributed by atoms with Crippen molar-refractivity contribution in [1.29, 1.82) is 0 Å². The molecule has 1 fully saturated rings. The highest BCUT2D eigenvalue weighted by Gasteiger charge is 2.32.